The van der Waals surface area contributed by atoms with Crippen LogP contribution in [-0.2, 0) is 6.42 Å². The predicted molar refractivity (Wildman–Crippen MR) is 72.8 cm³/mol. The topological polar surface area (TPSA) is 52.6 Å². The molecule has 1 aliphatic carbocycles. The van der Waals surface area contributed by atoms with Gasteiger partial charge in [0.25, 0.3) is 0 Å². The molecule has 0 spiro atoms. The van der Waals surface area contributed by atoms with Crippen molar-refractivity contribution in [3.8, 4) is 0 Å². The van der Waals surface area contributed by atoms with Gasteiger partial charge in [0, 0.05) is 19.5 Å². The van der Waals surface area contributed by atoms with Crippen molar-refractivity contribution in [2.24, 2.45) is 0 Å². The Morgan fingerprint density at radius 3 is 2.74 bits per heavy atom. The van der Waals surface area contributed by atoms with Gasteiger partial charge in [-0.2, -0.15) is 0 Å². The Morgan fingerprint density at radius 1 is 1.21 bits per heavy atom. The van der Waals surface area contributed by atoms with E-state index < -0.39 is 6.10 Å². The van der Waals surface area contributed by atoms with Crippen LogP contribution >= 0.6 is 0 Å². The number of fused-ring (bicyclic) bond motifs is 1. The number of nitrogens with zero attached hydrogens (tertiary/aromatic N) is 1. The van der Waals surface area contributed by atoms with Crippen molar-refractivity contribution in [3.63, 3.8) is 0 Å². The van der Waals surface area contributed by atoms with Crippen LogP contribution in [0.15, 0.2) is 24.3 Å². The predicted octanol–water partition coefficient (Wildman–Crippen LogP) is 1.84. The van der Waals surface area contributed by atoms with Crippen LogP contribution in [0.25, 0.3) is 0 Å². The molecule has 4 nitrogen and oxygen atoms in total. The maximum absolute atomic E-state index is 12.2. The van der Waals surface area contributed by atoms with Crippen LogP contribution < -0.4 is 5.32 Å². The van der Waals surface area contributed by atoms with Crippen molar-refractivity contribution < 1.29 is 9.90 Å². The molecule has 3 rings (SSSR count). The van der Waals surface area contributed by atoms with Crippen LogP contribution in [-0.4, -0.2) is 35.2 Å². The quantitative estimate of drug-likeness (QED) is 0.809. The molecule has 1 fully saturated rings. The lowest BCUT2D eigenvalue weighted by Crippen LogP contribution is -2.45. The molecule has 1 heterocycles. The fourth-order valence-electron chi connectivity index (χ4n) is 3.07. The minimum Gasteiger partial charge on any atom is -0.390 e. The van der Waals surface area contributed by atoms with Gasteiger partial charge in [-0.15, -0.1) is 0 Å². The van der Waals surface area contributed by atoms with Crippen LogP contribution in [0.2, 0.25) is 0 Å². The van der Waals surface area contributed by atoms with Crippen molar-refractivity contribution in [1.82, 2.24) is 10.2 Å². The lowest BCUT2D eigenvalue weighted by atomic mass is 10.1. The fraction of sp³-hybridized carbons (Fsp3) is 0.533. The smallest absolute Gasteiger partial charge is 0.317 e. The molecule has 2 N–H and O–H groups in total. The molecule has 0 saturated carbocycles. The average molecular weight is 260 g/mol. The molecule has 102 valence electrons. The number of hydrogen-bond donors (Lipinski definition) is 2. The maximum atomic E-state index is 12.2. The Hall–Kier alpha value is -1.55. The average Bonchev–Trinajstić information content (AvgIpc) is 2.76. The molecule has 1 aliphatic heterocycles. The molecule has 2 aliphatic rings. The van der Waals surface area contributed by atoms with Gasteiger partial charge in [-0.1, -0.05) is 24.3 Å². The highest BCUT2D eigenvalue weighted by molar-refractivity contribution is 5.75. The summed E-state index contributed by atoms with van der Waals surface area (Å²) in [6, 6.07) is 7.64. The van der Waals surface area contributed by atoms with E-state index in [2.05, 4.69) is 5.32 Å². The normalized spacial score (nSPS) is 26.1. The van der Waals surface area contributed by atoms with E-state index in [9.17, 15) is 9.90 Å². The standard InChI is InChI=1S/C15H20N2O2/c18-13-10-11-6-2-3-7-12(11)14(13)16-15(19)17-8-4-1-5-9-17/h2-3,6-7,13-14,18H,1,4-5,8-10H2,(H,16,19). The highest BCUT2D eigenvalue weighted by Crippen LogP contribution is 2.31. The second-order valence-corrected chi connectivity index (χ2v) is 5.45. The van der Waals surface area contributed by atoms with Crippen LogP contribution in [0.1, 0.15) is 36.4 Å². The van der Waals surface area contributed by atoms with Gasteiger partial charge in [0.15, 0.2) is 0 Å². The van der Waals surface area contributed by atoms with E-state index in [0.29, 0.717) is 6.42 Å². The van der Waals surface area contributed by atoms with Gasteiger partial charge in [0.2, 0.25) is 0 Å². The monoisotopic (exact) mass is 260 g/mol. The number of piperidine rings is 1. The summed E-state index contributed by atoms with van der Waals surface area (Å²) in [4.78, 5) is 14.1. The number of carbonyl (C=O) groups is 1. The first-order valence-electron chi connectivity index (χ1n) is 7.07. The summed E-state index contributed by atoms with van der Waals surface area (Å²) >= 11 is 0. The zero-order chi connectivity index (χ0) is 13.2. The summed E-state index contributed by atoms with van der Waals surface area (Å²) in [5.41, 5.74) is 2.19. The van der Waals surface area contributed by atoms with Crippen molar-refractivity contribution in [1.29, 1.82) is 0 Å². The van der Waals surface area contributed by atoms with E-state index in [4.69, 9.17) is 0 Å². The van der Waals surface area contributed by atoms with E-state index in [1.165, 1.54) is 6.42 Å². The zero-order valence-corrected chi connectivity index (χ0v) is 11.0. The number of likely N-dealkylation sites (tertiary alicyclic amines) is 1. The molecular weight excluding hydrogens is 240 g/mol. The van der Waals surface area contributed by atoms with E-state index in [1.807, 2.05) is 29.2 Å². The van der Waals surface area contributed by atoms with Gasteiger partial charge in [-0.25, -0.2) is 4.79 Å². The largest absolute Gasteiger partial charge is 0.390 e. The summed E-state index contributed by atoms with van der Waals surface area (Å²) in [6.45, 7) is 1.66. The van der Waals surface area contributed by atoms with E-state index >= 15 is 0 Å². The Labute approximate surface area is 113 Å². The number of nitrogens with one attached hydrogen (secondary N) is 1. The fourth-order valence-corrected chi connectivity index (χ4v) is 3.07. The highest BCUT2D eigenvalue weighted by atomic mass is 16.3. The van der Waals surface area contributed by atoms with Gasteiger partial charge >= 0.3 is 6.03 Å². The molecule has 1 saturated heterocycles. The molecule has 0 bridgehead atoms. The zero-order valence-electron chi connectivity index (χ0n) is 11.0. The lowest BCUT2D eigenvalue weighted by Gasteiger charge is -2.29. The molecule has 0 radical (unpaired) electrons. The summed E-state index contributed by atoms with van der Waals surface area (Å²) in [5, 5.41) is 13.1. The third-order valence-corrected chi connectivity index (χ3v) is 4.13. The molecule has 1 aromatic carbocycles. The summed E-state index contributed by atoms with van der Waals surface area (Å²) in [7, 11) is 0. The van der Waals surface area contributed by atoms with E-state index in [1.54, 1.807) is 0 Å². The number of hydrogen-bond acceptors (Lipinski definition) is 2. The van der Waals surface area contributed by atoms with E-state index in [0.717, 1.165) is 37.1 Å². The number of amides is 2. The molecule has 2 unspecified atom stereocenters. The van der Waals surface area contributed by atoms with Crippen molar-refractivity contribution in [2.75, 3.05) is 13.1 Å². The molecule has 4 heteroatoms. The number of carbonyl (C=O) groups excluding carboxylic acids is 1. The lowest BCUT2D eigenvalue weighted by molar-refractivity contribution is 0.131. The first-order valence-corrected chi connectivity index (χ1v) is 7.07. The summed E-state index contributed by atoms with van der Waals surface area (Å²) < 4.78 is 0. The Bertz CT molecular complexity index is 469. The number of aliphatic hydroxyl groups excluding tert-OH is 1. The number of benzene rings is 1. The Morgan fingerprint density at radius 2 is 1.95 bits per heavy atom. The number of aliphatic hydroxyl groups is 1. The summed E-state index contributed by atoms with van der Waals surface area (Å²) in [6.07, 6.45) is 3.49. The minimum atomic E-state index is -0.508. The molecule has 19 heavy (non-hydrogen) atoms. The van der Waals surface area contributed by atoms with Gasteiger partial charge in [0.1, 0.15) is 0 Å². The van der Waals surface area contributed by atoms with Crippen LogP contribution in [0.4, 0.5) is 4.79 Å². The second kappa shape index (κ2) is 5.21. The first kappa shape index (κ1) is 12.5. The Balaban J connectivity index is 1.71. The van der Waals surface area contributed by atoms with Crippen LogP contribution in [0.5, 0.6) is 0 Å². The number of urea groups is 1. The SMILES string of the molecule is O=C(NC1c2ccccc2CC1O)N1CCCCC1. The molecular formula is C15H20N2O2. The van der Waals surface area contributed by atoms with Crippen molar-refractivity contribution >= 4 is 6.03 Å². The summed E-state index contributed by atoms with van der Waals surface area (Å²) in [5.74, 6) is 0. The van der Waals surface area contributed by atoms with Crippen molar-refractivity contribution in [3.05, 3.63) is 35.4 Å². The van der Waals surface area contributed by atoms with E-state index in [-0.39, 0.29) is 12.1 Å². The minimum absolute atomic E-state index is 0.0412. The second-order valence-electron chi connectivity index (χ2n) is 5.45. The maximum Gasteiger partial charge on any atom is 0.317 e. The van der Waals surface area contributed by atoms with Crippen LogP contribution in [0.3, 0.4) is 0 Å². The van der Waals surface area contributed by atoms with Gasteiger partial charge in [-0.3, -0.25) is 0 Å². The van der Waals surface area contributed by atoms with Crippen LogP contribution in [0, 0.1) is 0 Å². The molecule has 2 atom stereocenters. The molecule has 1 aromatic rings. The molecule has 0 aromatic heterocycles. The third kappa shape index (κ3) is 2.45. The third-order valence-electron chi connectivity index (χ3n) is 4.13. The molecule has 2 amide bonds. The van der Waals surface area contributed by atoms with Crippen molar-refractivity contribution in [2.45, 2.75) is 37.8 Å². The van der Waals surface area contributed by atoms with Gasteiger partial charge in [0.05, 0.1) is 12.1 Å². The van der Waals surface area contributed by atoms with Gasteiger partial charge in [-0.05, 0) is 30.4 Å². The first-order chi connectivity index (χ1) is 9.25. The number of rotatable bonds is 1. The Kier molecular flexibility index (Phi) is 3.42. The van der Waals surface area contributed by atoms with Gasteiger partial charge < -0.3 is 15.3 Å². The highest BCUT2D eigenvalue weighted by Gasteiger charge is 2.33.